The van der Waals surface area contributed by atoms with E-state index in [-0.39, 0.29) is 0 Å². The smallest absolute Gasteiger partial charge is 0.323 e. The Morgan fingerprint density at radius 1 is 1.50 bits per heavy atom. The van der Waals surface area contributed by atoms with Crippen molar-refractivity contribution in [2.45, 2.75) is 13.8 Å². The third-order valence-corrected chi connectivity index (χ3v) is 2.48. The monoisotopic (exact) mass is 189 g/mol. The van der Waals surface area contributed by atoms with Gasteiger partial charge in [0.25, 0.3) is 0 Å². The van der Waals surface area contributed by atoms with Gasteiger partial charge in [-0.05, 0) is 31.5 Å². The highest BCUT2D eigenvalue weighted by Crippen LogP contribution is 2.21. The molecule has 14 heavy (non-hydrogen) atoms. The summed E-state index contributed by atoms with van der Waals surface area (Å²) in [5.74, 6) is 0. The van der Waals surface area contributed by atoms with Gasteiger partial charge < -0.3 is 5.73 Å². The van der Waals surface area contributed by atoms with E-state index in [0.29, 0.717) is 0 Å². The lowest BCUT2D eigenvalue weighted by Gasteiger charge is -2.00. The number of rotatable bonds is 0. The Morgan fingerprint density at radius 3 is 2.86 bits per heavy atom. The molecule has 0 aliphatic carbocycles. The van der Waals surface area contributed by atoms with Gasteiger partial charge in [-0.15, -0.1) is 0 Å². The summed E-state index contributed by atoms with van der Waals surface area (Å²) in [6.45, 7) is 3.80. The Bertz CT molecular complexity index is 513. The first-order valence-corrected chi connectivity index (χ1v) is 4.35. The van der Waals surface area contributed by atoms with Gasteiger partial charge in [-0.25, -0.2) is 4.79 Å². The Balaban J connectivity index is 2.95. The molecule has 0 aromatic carbocycles. The molecule has 0 aliphatic rings. The van der Waals surface area contributed by atoms with E-state index in [1.54, 1.807) is 12.3 Å². The van der Waals surface area contributed by atoms with Gasteiger partial charge >= 0.3 is 6.03 Å². The molecule has 0 saturated carbocycles. The SMILES string of the molecule is Cc1c(C)n(C(N)=O)c2cccnc12. The minimum atomic E-state index is -0.464. The van der Waals surface area contributed by atoms with E-state index >= 15 is 0 Å². The van der Waals surface area contributed by atoms with Crippen LogP contribution in [0.2, 0.25) is 0 Å². The van der Waals surface area contributed by atoms with E-state index in [1.807, 2.05) is 19.9 Å². The predicted octanol–water partition coefficient (Wildman–Crippen LogP) is 1.58. The molecular weight excluding hydrogens is 178 g/mol. The number of nitrogens with two attached hydrogens (primary N) is 1. The summed E-state index contributed by atoms with van der Waals surface area (Å²) in [5, 5.41) is 0. The van der Waals surface area contributed by atoms with Gasteiger partial charge in [0, 0.05) is 11.9 Å². The van der Waals surface area contributed by atoms with Crippen molar-refractivity contribution >= 4 is 17.1 Å². The van der Waals surface area contributed by atoms with Crippen LogP contribution in [0.3, 0.4) is 0 Å². The third kappa shape index (κ3) is 1.00. The van der Waals surface area contributed by atoms with Gasteiger partial charge in [-0.1, -0.05) is 0 Å². The normalized spacial score (nSPS) is 10.7. The van der Waals surface area contributed by atoms with Gasteiger partial charge in [0.05, 0.1) is 11.0 Å². The van der Waals surface area contributed by atoms with Crippen LogP contribution in [-0.4, -0.2) is 15.6 Å². The van der Waals surface area contributed by atoms with E-state index < -0.39 is 6.03 Å². The molecule has 0 unspecified atom stereocenters. The molecule has 2 heterocycles. The zero-order valence-corrected chi connectivity index (χ0v) is 8.11. The van der Waals surface area contributed by atoms with Crippen LogP contribution in [-0.2, 0) is 0 Å². The van der Waals surface area contributed by atoms with E-state index in [9.17, 15) is 4.79 Å². The number of aryl methyl sites for hydroxylation is 1. The highest BCUT2D eigenvalue weighted by molar-refractivity contribution is 5.92. The number of nitrogens with zero attached hydrogens (tertiary/aromatic N) is 2. The Hall–Kier alpha value is -1.84. The molecule has 2 N–H and O–H groups in total. The topological polar surface area (TPSA) is 60.9 Å². The fraction of sp³-hybridized carbons (Fsp3) is 0.200. The number of carbonyl (C=O) groups excluding carboxylic acids is 1. The van der Waals surface area contributed by atoms with Crippen molar-refractivity contribution in [3.8, 4) is 0 Å². The van der Waals surface area contributed by atoms with Crippen LogP contribution < -0.4 is 5.73 Å². The Kier molecular flexibility index (Phi) is 1.77. The van der Waals surface area contributed by atoms with Gasteiger partial charge in [0.15, 0.2) is 0 Å². The Morgan fingerprint density at radius 2 is 2.21 bits per heavy atom. The maximum Gasteiger partial charge on any atom is 0.323 e. The maximum atomic E-state index is 11.2. The van der Waals surface area contributed by atoms with Crippen LogP contribution in [0.5, 0.6) is 0 Å². The lowest BCUT2D eigenvalue weighted by Crippen LogP contribution is -2.20. The predicted molar refractivity (Wildman–Crippen MR) is 54.2 cm³/mol. The van der Waals surface area contributed by atoms with Crippen molar-refractivity contribution in [2.24, 2.45) is 5.73 Å². The van der Waals surface area contributed by atoms with Crippen molar-refractivity contribution in [2.75, 3.05) is 0 Å². The van der Waals surface area contributed by atoms with E-state index in [0.717, 1.165) is 22.3 Å². The van der Waals surface area contributed by atoms with Crippen LogP contribution >= 0.6 is 0 Å². The summed E-state index contributed by atoms with van der Waals surface area (Å²) in [6, 6.07) is 3.17. The zero-order chi connectivity index (χ0) is 10.3. The lowest BCUT2D eigenvalue weighted by atomic mass is 10.2. The first-order chi connectivity index (χ1) is 6.63. The summed E-state index contributed by atoms with van der Waals surface area (Å²) in [4.78, 5) is 15.4. The minimum absolute atomic E-state index is 0.464. The number of aromatic nitrogens is 2. The van der Waals surface area contributed by atoms with Crippen molar-refractivity contribution in [1.82, 2.24) is 9.55 Å². The molecule has 0 radical (unpaired) electrons. The zero-order valence-electron chi connectivity index (χ0n) is 8.11. The molecule has 1 amide bonds. The first kappa shape index (κ1) is 8.74. The second-order valence-corrected chi connectivity index (χ2v) is 3.26. The number of primary amides is 1. The van der Waals surface area contributed by atoms with Crippen LogP contribution in [0.15, 0.2) is 18.3 Å². The van der Waals surface area contributed by atoms with E-state index in [2.05, 4.69) is 4.98 Å². The van der Waals surface area contributed by atoms with Gasteiger partial charge in [-0.2, -0.15) is 0 Å². The molecule has 0 aliphatic heterocycles. The first-order valence-electron chi connectivity index (χ1n) is 4.35. The third-order valence-electron chi connectivity index (χ3n) is 2.48. The summed E-state index contributed by atoms with van der Waals surface area (Å²) >= 11 is 0. The maximum absolute atomic E-state index is 11.2. The Labute approximate surface area is 81.3 Å². The molecular formula is C10H11N3O. The summed E-state index contributed by atoms with van der Waals surface area (Å²) in [7, 11) is 0. The van der Waals surface area contributed by atoms with Crippen molar-refractivity contribution in [3.63, 3.8) is 0 Å². The summed E-state index contributed by atoms with van der Waals surface area (Å²) in [6.07, 6.45) is 1.71. The quantitative estimate of drug-likeness (QED) is 0.683. The molecule has 0 fully saturated rings. The molecule has 72 valence electrons. The second kappa shape index (κ2) is 2.83. The number of fused-ring (bicyclic) bond motifs is 1. The van der Waals surface area contributed by atoms with E-state index in [4.69, 9.17) is 5.73 Å². The average molecular weight is 189 g/mol. The summed E-state index contributed by atoms with van der Waals surface area (Å²) < 4.78 is 1.48. The van der Waals surface area contributed by atoms with Crippen LogP contribution in [0.1, 0.15) is 11.3 Å². The molecule has 0 saturated heterocycles. The van der Waals surface area contributed by atoms with Crippen LogP contribution in [0.4, 0.5) is 4.79 Å². The van der Waals surface area contributed by atoms with Crippen molar-refractivity contribution in [3.05, 3.63) is 29.6 Å². The van der Waals surface area contributed by atoms with Crippen molar-refractivity contribution in [1.29, 1.82) is 0 Å². The number of hydrogen-bond donors (Lipinski definition) is 1. The standard InChI is InChI=1S/C10H11N3O/c1-6-7(2)13(10(11)14)8-4-3-5-12-9(6)8/h3-5H,1-2H3,(H2,11,14). The fourth-order valence-electron chi connectivity index (χ4n) is 1.67. The second-order valence-electron chi connectivity index (χ2n) is 3.26. The number of amides is 1. The highest BCUT2D eigenvalue weighted by atomic mass is 16.2. The molecule has 0 atom stereocenters. The molecule has 0 bridgehead atoms. The molecule has 4 heteroatoms. The largest absolute Gasteiger partial charge is 0.351 e. The average Bonchev–Trinajstić information content (AvgIpc) is 2.41. The van der Waals surface area contributed by atoms with E-state index in [1.165, 1.54) is 4.57 Å². The van der Waals surface area contributed by atoms with Crippen molar-refractivity contribution < 1.29 is 4.79 Å². The summed E-state index contributed by atoms with van der Waals surface area (Å²) in [5.41, 5.74) is 8.75. The lowest BCUT2D eigenvalue weighted by molar-refractivity contribution is 0.251. The molecule has 0 spiro atoms. The minimum Gasteiger partial charge on any atom is -0.351 e. The fourth-order valence-corrected chi connectivity index (χ4v) is 1.67. The van der Waals surface area contributed by atoms with Crippen LogP contribution in [0, 0.1) is 13.8 Å². The van der Waals surface area contributed by atoms with Gasteiger partial charge in [0.2, 0.25) is 0 Å². The molecule has 4 nitrogen and oxygen atoms in total. The van der Waals surface area contributed by atoms with Crippen LogP contribution in [0.25, 0.3) is 11.0 Å². The van der Waals surface area contributed by atoms with Gasteiger partial charge in [0.1, 0.15) is 0 Å². The van der Waals surface area contributed by atoms with Gasteiger partial charge in [-0.3, -0.25) is 9.55 Å². The number of hydrogen-bond acceptors (Lipinski definition) is 2. The highest BCUT2D eigenvalue weighted by Gasteiger charge is 2.13. The molecule has 2 aromatic heterocycles. The molecule has 2 aromatic rings. The number of pyridine rings is 1. The molecule has 2 rings (SSSR count). The number of carbonyl (C=O) groups is 1.